The summed E-state index contributed by atoms with van der Waals surface area (Å²) in [6.45, 7) is 4.49. The number of para-hydroxylation sites is 2. The summed E-state index contributed by atoms with van der Waals surface area (Å²) in [7, 11) is 0. The minimum atomic E-state index is 0.547. The molecule has 1 aliphatic heterocycles. The van der Waals surface area contributed by atoms with Gasteiger partial charge in [-0.2, -0.15) is 5.26 Å². The molecule has 0 N–H and O–H groups in total. The maximum absolute atomic E-state index is 9.34. The Labute approximate surface area is 277 Å². The van der Waals surface area contributed by atoms with Gasteiger partial charge in [-0.15, -0.1) is 0 Å². The number of nitrogens with zero attached hydrogens (tertiary/aromatic N) is 4. The van der Waals surface area contributed by atoms with Crippen LogP contribution in [0, 0.1) is 11.3 Å². The first-order valence-electron chi connectivity index (χ1n) is 15.4. The molecule has 0 saturated heterocycles. The van der Waals surface area contributed by atoms with Crippen LogP contribution in [-0.2, 0) is 6.54 Å². The van der Waals surface area contributed by atoms with Gasteiger partial charge in [0.15, 0.2) is 0 Å². The summed E-state index contributed by atoms with van der Waals surface area (Å²) < 4.78 is 2.35. The number of nitriles is 1. The van der Waals surface area contributed by atoms with E-state index in [0.29, 0.717) is 12.1 Å². The average molecular weight is 621 g/mol. The average Bonchev–Trinajstić information content (AvgIpc) is 3.67. The Kier molecular flexibility index (Phi) is 7.33. The second-order valence-electron chi connectivity index (χ2n) is 11.4. The summed E-state index contributed by atoms with van der Waals surface area (Å²) in [5.41, 5.74) is 11.1. The van der Waals surface area contributed by atoms with Crippen LogP contribution in [-0.4, -0.2) is 17.0 Å². The second kappa shape index (κ2) is 12.1. The molecule has 222 valence electrons. The van der Waals surface area contributed by atoms with E-state index in [1.807, 2.05) is 42.5 Å². The molecular formula is C42H28N4S. The van der Waals surface area contributed by atoms with Crippen LogP contribution in [0.25, 0.3) is 44.3 Å². The number of rotatable bonds is 6. The van der Waals surface area contributed by atoms with Crippen molar-refractivity contribution in [3.63, 3.8) is 0 Å². The van der Waals surface area contributed by atoms with E-state index in [1.54, 1.807) is 11.8 Å². The Balaban J connectivity index is 1.25. The van der Waals surface area contributed by atoms with E-state index in [1.165, 1.54) is 21.8 Å². The molecule has 1 aromatic heterocycles. The van der Waals surface area contributed by atoms with Crippen molar-refractivity contribution in [2.24, 2.45) is 9.98 Å². The molecule has 6 aromatic carbocycles. The van der Waals surface area contributed by atoms with Crippen molar-refractivity contribution >= 4 is 51.7 Å². The molecule has 2 heterocycles. The topological polar surface area (TPSA) is 53.4 Å². The fraction of sp³-hybridized carbons (Fsp3) is 0.0238. The van der Waals surface area contributed by atoms with Gasteiger partial charge in [0.05, 0.1) is 45.5 Å². The molecule has 0 amide bonds. The minimum Gasteiger partial charge on any atom is -0.309 e. The van der Waals surface area contributed by atoms with Gasteiger partial charge in [0, 0.05) is 32.5 Å². The van der Waals surface area contributed by atoms with Crippen molar-refractivity contribution in [3.05, 3.63) is 173 Å². The van der Waals surface area contributed by atoms with Crippen molar-refractivity contribution in [1.29, 1.82) is 5.26 Å². The van der Waals surface area contributed by atoms with E-state index in [4.69, 9.17) is 4.99 Å². The summed E-state index contributed by atoms with van der Waals surface area (Å²) in [4.78, 5) is 11.8. The van der Waals surface area contributed by atoms with Gasteiger partial charge in [-0.05, 0) is 71.9 Å². The molecule has 47 heavy (non-hydrogen) atoms. The number of benzene rings is 6. The highest BCUT2D eigenvalue weighted by Gasteiger charge is 2.28. The zero-order valence-electron chi connectivity index (χ0n) is 25.5. The van der Waals surface area contributed by atoms with E-state index in [-0.39, 0.29) is 0 Å². The van der Waals surface area contributed by atoms with E-state index >= 15 is 0 Å². The minimum absolute atomic E-state index is 0.547. The molecule has 7 aromatic rings. The van der Waals surface area contributed by atoms with Crippen molar-refractivity contribution < 1.29 is 0 Å². The van der Waals surface area contributed by atoms with E-state index in [9.17, 15) is 5.26 Å². The lowest BCUT2D eigenvalue weighted by atomic mass is 9.99. The third kappa shape index (κ3) is 5.15. The Morgan fingerprint density at radius 1 is 0.702 bits per heavy atom. The number of thioether (sulfide) groups is 1. The largest absolute Gasteiger partial charge is 0.309 e. The third-order valence-electron chi connectivity index (χ3n) is 8.60. The zero-order chi connectivity index (χ0) is 31.7. The number of allylic oxidation sites excluding steroid dienone is 1. The predicted molar refractivity (Wildman–Crippen MR) is 196 cm³/mol. The van der Waals surface area contributed by atoms with Gasteiger partial charge in [-0.25, -0.2) is 0 Å². The van der Waals surface area contributed by atoms with Gasteiger partial charge in [-0.3, -0.25) is 9.98 Å². The van der Waals surface area contributed by atoms with E-state index < -0.39 is 0 Å². The first kappa shape index (κ1) is 28.5. The first-order valence-corrected chi connectivity index (χ1v) is 16.2. The lowest BCUT2D eigenvalue weighted by molar-refractivity contribution is 1.07. The summed E-state index contributed by atoms with van der Waals surface area (Å²) in [6.07, 6.45) is 0. The normalized spacial score (nSPS) is 14.3. The van der Waals surface area contributed by atoms with Crippen molar-refractivity contribution in [3.8, 4) is 22.9 Å². The molecule has 0 unspecified atom stereocenters. The fourth-order valence-electron chi connectivity index (χ4n) is 6.36. The Morgan fingerprint density at radius 2 is 1.38 bits per heavy atom. The first-order chi connectivity index (χ1) is 23.2. The lowest BCUT2D eigenvalue weighted by Gasteiger charge is -2.11. The van der Waals surface area contributed by atoms with Crippen LogP contribution < -0.4 is 0 Å². The number of hydrogen-bond acceptors (Lipinski definition) is 4. The molecule has 0 aliphatic carbocycles. The van der Waals surface area contributed by atoms with Gasteiger partial charge in [0.25, 0.3) is 0 Å². The molecule has 4 nitrogen and oxygen atoms in total. The van der Waals surface area contributed by atoms with Crippen LogP contribution in [0.3, 0.4) is 0 Å². The standard InChI is InChI=1S/C42H28N4S/c1-44-40(30-20-18-28(26-43)19-21-30)42-41(45-27-29-10-3-2-4-11-29)36-25-32(22-23-39(36)47-42)31-12-9-13-33(24-31)46-37-16-7-5-14-34(37)35-15-6-8-17-38(35)46/h2-25H,1,27H2/b42-40+,45-41?. The summed E-state index contributed by atoms with van der Waals surface area (Å²) in [5.74, 6) is 0. The SMILES string of the molecule is C=N/C(=C1/Sc2ccc(-c3cccc(-n4c5ccccc5c5ccccc54)c3)cc2C1=NCc1ccccc1)c1ccc(C#N)cc1. The number of aromatic nitrogens is 1. The maximum atomic E-state index is 9.34. The predicted octanol–water partition coefficient (Wildman–Crippen LogP) is 10.5. The van der Waals surface area contributed by atoms with E-state index in [2.05, 4.69) is 125 Å². The van der Waals surface area contributed by atoms with Gasteiger partial charge in [0.2, 0.25) is 0 Å². The molecule has 0 spiro atoms. The van der Waals surface area contributed by atoms with Gasteiger partial charge >= 0.3 is 0 Å². The van der Waals surface area contributed by atoms with Gasteiger partial charge < -0.3 is 4.57 Å². The van der Waals surface area contributed by atoms with Crippen LogP contribution in [0.2, 0.25) is 0 Å². The van der Waals surface area contributed by atoms with Crippen molar-refractivity contribution in [2.45, 2.75) is 11.4 Å². The molecular weight excluding hydrogens is 593 g/mol. The number of hydrogen-bond donors (Lipinski definition) is 0. The molecule has 8 rings (SSSR count). The van der Waals surface area contributed by atoms with Crippen LogP contribution in [0.1, 0.15) is 22.3 Å². The summed E-state index contributed by atoms with van der Waals surface area (Å²) in [6, 6.07) is 52.6. The second-order valence-corrected chi connectivity index (χ2v) is 12.5. The fourth-order valence-corrected chi connectivity index (χ4v) is 7.53. The molecule has 0 fully saturated rings. The molecule has 1 aliphatic rings. The van der Waals surface area contributed by atoms with Crippen LogP contribution >= 0.6 is 11.8 Å². The van der Waals surface area contributed by atoms with Crippen molar-refractivity contribution in [1.82, 2.24) is 4.57 Å². The zero-order valence-corrected chi connectivity index (χ0v) is 26.3. The molecule has 0 radical (unpaired) electrons. The highest BCUT2D eigenvalue weighted by atomic mass is 32.2. The smallest absolute Gasteiger partial charge is 0.0991 e. The van der Waals surface area contributed by atoms with Crippen LogP contribution in [0.4, 0.5) is 0 Å². The van der Waals surface area contributed by atoms with E-state index in [0.717, 1.165) is 54.7 Å². The molecule has 0 atom stereocenters. The quantitative estimate of drug-likeness (QED) is 0.174. The Hall–Kier alpha value is -5.96. The van der Waals surface area contributed by atoms with Crippen LogP contribution in [0.15, 0.2) is 165 Å². The summed E-state index contributed by atoms with van der Waals surface area (Å²) >= 11 is 1.67. The van der Waals surface area contributed by atoms with Gasteiger partial charge in [-0.1, -0.05) is 109 Å². The Morgan fingerprint density at radius 3 is 2.09 bits per heavy atom. The molecule has 0 bridgehead atoms. The van der Waals surface area contributed by atoms with Crippen LogP contribution in [0.5, 0.6) is 0 Å². The lowest BCUT2D eigenvalue weighted by Crippen LogP contribution is -2.02. The highest BCUT2D eigenvalue weighted by molar-refractivity contribution is 8.05. The third-order valence-corrected chi connectivity index (χ3v) is 9.77. The molecule has 5 heteroatoms. The summed E-state index contributed by atoms with van der Waals surface area (Å²) in [5, 5.41) is 11.8. The number of aliphatic imine (C=N–C) groups is 2. The van der Waals surface area contributed by atoms with Crippen molar-refractivity contribution in [2.75, 3.05) is 0 Å². The monoisotopic (exact) mass is 620 g/mol. The van der Waals surface area contributed by atoms with Gasteiger partial charge in [0.1, 0.15) is 0 Å². The maximum Gasteiger partial charge on any atom is 0.0991 e. The number of fused-ring (bicyclic) bond motifs is 4. The molecule has 0 saturated carbocycles. The highest BCUT2D eigenvalue weighted by Crippen LogP contribution is 2.46. The Bertz CT molecular complexity index is 2370.